The molecule has 0 saturated heterocycles. The highest BCUT2D eigenvalue weighted by atomic mass is 19.1. The predicted octanol–water partition coefficient (Wildman–Crippen LogP) is 3.60. The highest BCUT2D eigenvalue weighted by Gasteiger charge is 2.15. The summed E-state index contributed by atoms with van der Waals surface area (Å²) in [6.07, 6.45) is 1.53. The van der Waals surface area contributed by atoms with Gasteiger partial charge in [-0.2, -0.15) is 0 Å². The minimum Gasteiger partial charge on any atom is -0.467 e. The van der Waals surface area contributed by atoms with Gasteiger partial charge in [-0.05, 0) is 60.7 Å². The topological polar surface area (TPSA) is 71.8 Å². The molecule has 28 heavy (non-hydrogen) atoms. The third-order valence-corrected chi connectivity index (χ3v) is 3.92. The van der Waals surface area contributed by atoms with Crippen molar-refractivity contribution in [2.24, 2.45) is 0 Å². The van der Waals surface area contributed by atoms with Gasteiger partial charge in [0.05, 0.1) is 19.4 Å². The van der Waals surface area contributed by atoms with Crippen LogP contribution in [-0.2, 0) is 11.3 Å². The average Bonchev–Trinajstić information content (AvgIpc) is 3.22. The van der Waals surface area contributed by atoms with Crippen molar-refractivity contribution in [1.82, 2.24) is 10.2 Å². The molecule has 3 rings (SSSR count). The maximum atomic E-state index is 12.9. The van der Waals surface area contributed by atoms with Crippen molar-refractivity contribution in [2.45, 2.75) is 6.54 Å². The molecule has 2 aromatic carbocycles. The van der Waals surface area contributed by atoms with Gasteiger partial charge in [0.1, 0.15) is 23.1 Å². The Morgan fingerprint density at radius 3 is 2.29 bits per heavy atom. The normalized spacial score (nSPS) is 10.4. The third-order valence-electron chi connectivity index (χ3n) is 3.92. The maximum Gasteiger partial charge on any atom is 0.254 e. The van der Waals surface area contributed by atoms with E-state index in [2.05, 4.69) is 5.32 Å². The molecule has 3 aromatic rings. The summed E-state index contributed by atoms with van der Waals surface area (Å²) in [4.78, 5) is 25.8. The molecule has 144 valence electrons. The number of nitrogens with zero attached hydrogens (tertiary/aromatic N) is 1. The molecule has 0 bridgehead atoms. The number of rotatable bonds is 7. The molecular formula is C21H19FN2O4. The SMILES string of the molecule is CN(CC(=O)NCc1ccco1)C(=O)c1ccc(Oc2ccc(F)cc2)cc1. The van der Waals surface area contributed by atoms with Gasteiger partial charge in [0.25, 0.3) is 5.91 Å². The largest absolute Gasteiger partial charge is 0.467 e. The molecule has 1 heterocycles. The lowest BCUT2D eigenvalue weighted by Crippen LogP contribution is -2.38. The van der Waals surface area contributed by atoms with Crippen molar-refractivity contribution in [2.75, 3.05) is 13.6 Å². The number of ether oxygens (including phenoxy) is 1. The molecule has 1 aromatic heterocycles. The number of benzene rings is 2. The Kier molecular flexibility index (Phi) is 6.06. The molecule has 0 saturated carbocycles. The van der Waals surface area contributed by atoms with Crippen molar-refractivity contribution in [3.63, 3.8) is 0 Å². The third kappa shape index (κ3) is 5.20. The molecule has 7 heteroatoms. The first-order valence-electron chi connectivity index (χ1n) is 8.59. The van der Waals surface area contributed by atoms with Crippen LogP contribution in [0, 0.1) is 5.82 Å². The number of amides is 2. The van der Waals surface area contributed by atoms with Gasteiger partial charge in [-0.25, -0.2) is 4.39 Å². The van der Waals surface area contributed by atoms with E-state index in [9.17, 15) is 14.0 Å². The molecule has 0 unspecified atom stereocenters. The van der Waals surface area contributed by atoms with Gasteiger partial charge in [0.2, 0.25) is 5.91 Å². The first kappa shape index (κ1) is 19.2. The fourth-order valence-electron chi connectivity index (χ4n) is 2.47. The number of halogens is 1. The molecule has 0 radical (unpaired) electrons. The smallest absolute Gasteiger partial charge is 0.254 e. The van der Waals surface area contributed by atoms with Gasteiger partial charge in [0, 0.05) is 12.6 Å². The lowest BCUT2D eigenvalue weighted by molar-refractivity contribution is -0.121. The van der Waals surface area contributed by atoms with Crippen molar-refractivity contribution < 1.29 is 23.1 Å². The van der Waals surface area contributed by atoms with E-state index in [1.54, 1.807) is 43.4 Å². The standard InChI is InChI=1S/C21H19FN2O4/c1-24(14-20(25)23-13-19-3-2-12-27-19)21(26)15-4-8-17(9-5-15)28-18-10-6-16(22)7-11-18/h2-12H,13-14H2,1H3,(H,23,25). The van der Waals surface area contributed by atoms with E-state index in [1.165, 1.54) is 35.4 Å². The van der Waals surface area contributed by atoms with Crippen LogP contribution in [0.4, 0.5) is 4.39 Å². The molecule has 0 aliphatic rings. The fraction of sp³-hybridized carbons (Fsp3) is 0.143. The first-order chi connectivity index (χ1) is 13.5. The summed E-state index contributed by atoms with van der Waals surface area (Å²) in [7, 11) is 1.55. The van der Waals surface area contributed by atoms with Crippen molar-refractivity contribution in [1.29, 1.82) is 0 Å². The fourth-order valence-corrected chi connectivity index (χ4v) is 2.47. The van der Waals surface area contributed by atoms with E-state index in [0.29, 0.717) is 22.8 Å². The Hall–Kier alpha value is -3.61. The zero-order valence-electron chi connectivity index (χ0n) is 15.2. The van der Waals surface area contributed by atoms with Crippen LogP contribution >= 0.6 is 0 Å². The van der Waals surface area contributed by atoms with Gasteiger partial charge in [-0.3, -0.25) is 9.59 Å². The molecule has 1 N–H and O–H groups in total. The van der Waals surface area contributed by atoms with Crippen LogP contribution in [0.1, 0.15) is 16.1 Å². The molecule has 0 aliphatic carbocycles. The lowest BCUT2D eigenvalue weighted by atomic mass is 10.2. The number of carbonyl (C=O) groups is 2. The number of hydrogen-bond donors (Lipinski definition) is 1. The summed E-state index contributed by atoms with van der Waals surface area (Å²) in [5.74, 6) is 0.724. The Morgan fingerprint density at radius 2 is 1.68 bits per heavy atom. The average molecular weight is 382 g/mol. The van der Waals surface area contributed by atoms with Gasteiger partial charge >= 0.3 is 0 Å². The van der Waals surface area contributed by atoms with Crippen molar-refractivity contribution in [3.8, 4) is 11.5 Å². The van der Waals surface area contributed by atoms with Gasteiger partial charge in [-0.1, -0.05) is 0 Å². The van der Waals surface area contributed by atoms with E-state index in [4.69, 9.17) is 9.15 Å². The number of hydrogen-bond acceptors (Lipinski definition) is 4. The summed E-state index contributed by atoms with van der Waals surface area (Å²) >= 11 is 0. The van der Waals surface area contributed by atoms with Crippen LogP contribution in [0.5, 0.6) is 11.5 Å². The number of likely N-dealkylation sites (N-methyl/N-ethyl adjacent to an activating group) is 1. The Bertz CT molecular complexity index is 922. The van der Waals surface area contributed by atoms with Crippen LogP contribution in [0.2, 0.25) is 0 Å². The molecule has 0 fully saturated rings. The second-order valence-electron chi connectivity index (χ2n) is 6.10. The highest BCUT2D eigenvalue weighted by molar-refractivity contribution is 5.96. The minimum absolute atomic E-state index is 0.0760. The molecular weight excluding hydrogens is 363 g/mol. The molecule has 6 nitrogen and oxygen atoms in total. The van der Waals surface area contributed by atoms with Crippen LogP contribution in [-0.4, -0.2) is 30.3 Å². The first-order valence-corrected chi connectivity index (χ1v) is 8.59. The van der Waals surface area contributed by atoms with Crippen LogP contribution in [0.3, 0.4) is 0 Å². The number of carbonyl (C=O) groups excluding carboxylic acids is 2. The van der Waals surface area contributed by atoms with Gasteiger partial charge in [0.15, 0.2) is 0 Å². The number of furan rings is 1. The summed E-state index contributed by atoms with van der Waals surface area (Å²) in [6, 6.07) is 15.6. The molecule has 2 amide bonds. The van der Waals surface area contributed by atoms with Crippen molar-refractivity contribution >= 4 is 11.8 Å². The molecule has 0 atom stereocenters. The highest BCUT2D eigenvalue weighted by Crippen LogP contribution is 2.22. The van der Waals surface area contributed by atoms with E-state index >= 15 is 0 Å². The summed E-state index contributed by atoms with van der Waals surface area (Å²) in [5, 5.41) is 2.69. The summed E-state index contributed by atoms with van der Waals surface area (Å²) in [5.41, 5.74) is 0.424. The number of nitrogens with one attached hydrogen (secondary N) is 1. The quantitative estimate of drug-likeness (QED) is 0.678. The predicted molar refractivity (Wildman–Crippen MR) is 100 cm³/mol. The Morgan fingerprint density at radius 1 is 1.04 bits per heavy atom. The van der Waals surface area contributed by atoms with E-state index in [0.717, 1.165) is 0 Å². The Balaban J connectivity index is 1.52. The summed E-state index contributed by atoms with van der Waals surface area (Å²) in [6.45, 7) is 0.191. The van der Waals surface area contributed by atoms with Crippen molar-refractivity contribution in [3.05, 3.63) is 84.1 Å². The second-order valence-corrected chi connectivity index (χ2v) is 6.10. The lowest BCUT2D eigenvalue weighted by Gasteiger charge is -2.17. The Labute approximate surface area is 161 Å². The second kappa shape index (κ2) is 8.85. The van der Waals surface area contributed by atoms with Gasteiger partial charge in [-0.15, -0.1) is 0 Å². The molecule has 0 aliphatic heterocycles. The van der Waals surface area contributed by atoms with E-state index in [1.807, 2.05) is 0 Å². The molecule has 0 spiro atoms. The van der Waals surface area contributed by atoms with E-state index in [-0.39, 0.29) is 30.7 Å². The zero-order chi connectivity index (χ0) is 19.9. The monoisotopic (exact) mass is 382 g/mol. The van der Waals surface area contributed by atoms with E-state index < -0.39 is 0 Å². The van der Waals surface area contributed by atoms with Crippen LogP contribution in [0.15, 0.2) is 71.3 Å². The van der Waals surface area contributed by atoms with Crippen LogP contribution < -0.4 is 10.1 Å². The van der Waals surface area contributed by atoms with Gasteiger partial charge < -0.3 is 19.4 Å². The van der Waals surface area contributed by atoms with Crippen LogP contribution in [0.25, 0.3) is 0 Å². The zero-order valence-corrected chi connectivity index (χ0v) is 15.2. The maximum absolute atomic E-state index is 12.9. The minimum atomic E-state index is -0.343. The summed E-state index contributed by atoms with van der Waals surface area (Å²) < 4.78 is 23.7.